The minimum atomic E-state index is 0.539. The number of benzene rings is 6. The molecule has 0 fully saturated rings. The van der Waals surface area contributed by atoms with Crippen LogP contribution in [0.4, 0.5) is 0 Å². The molecule has 9 aromatic rings. The van der Waals surface area contributed by atoms with Crippen LogP contribution in [0.25, 0.3) is 88.9 Å². The highest BCUT2D eigenvalue weighted by molar-refractivity contribution is 6.13. The summed E-state index contributed by atoms with van der Waals surface area (Å²) in [4.78, 5) is 15.1. The lowest BCUT2D eigenvalue weighted by atomic mass is 9.99. The van der Waals surface area contributed by atoms with Crippen molar-refractivity contribution in [3.05, 3.63) is 176 Å². The highest BCUT2D eigenvalue weighted by Crippen LogP contribution is 2.39. The van der Waals surface area contributed by atoms with E-state index in [1.807, 2.05) is 97.1 Å². The number of furan rings is 2. The summed E-state index contributed by atoms with van der Waals surface area (Å²) >= 11 is 0. The summed E-state index contributed by atoms with van der Waals surface area (Å²) in [6, 6.07) is 47.2. The molecule has 51 heavy (non-hydrogen) atoms. The second-order valence-corrected chi connectivity index (χ2v) is 12.5. The molecule has 0 N–H and O–H groups in total. The van der Waals surface area contributed by atoms with E-state index < -0.39 is 0 Å². The lowest BCUT2D eigenvalue weighted by Crippen LogP contribution is -2.02. The molecule has 3 heterocycles. The first-order valence-corrected chi connectivity index (χ1v) is 16.9. The molecular formula is C46H31N3O2. The van der Waals surface area contributed by atoms with Gasteiger partial charge in [-0.15, -0.1) is 0 Å². The highest BCUT2D eigenvalue weighted by Gasteiger charge is 2.19. The maximum atomic E-state index is 6.42. The lowest BCUT2D eigenvalue weighted by molar-refractivity contribution is 0.668. The number of fused-ring (bicyclic) bond motifs is 6. The van der Waals surface area contributed by atoms with Crippen LogP contribution in [0.2, 0.25) is 0 Å². The molecule has 0 bridgehead atoms. The number of hydrogen-bond donors (Lipinski definition) is 0. The number of allylic oxidation sites excluding steroid dienone is 5. The number of rotatable bonds is 7. The highest BCUT2D eigenvalue weighted by atomic mass is 16.3. The average Bonchev–Trinajstić information content (AvgIpc) is 3.76. The van der Waals surface area contributed by atoms with Crippen molar-refractivity contribution in [3.63, 3.8) is 0 Å². The van der Waals surface area contributed by atoms with Gasteiger partial charge in [0.1, 0.15) is 22.3 Å². The Bertz CT molecular complexity index is 2820. The Hall–Kier alpha value is -6.85. The van der Waals surface area contributed by atoms with Gasteiger partial charge in [-0.2, -0.15) is 0 Å². The Kier molecular flexibility index (Phi) is 7.44. The third kappa shape index (κ3) is 5.51. The molecular weight excluding hydrogens is 627 g/mol. The second-order valence-electron chi connectivity index (χ2n) is 12.5. The van der Waals surface area contributed by atoms with Gasteiger partial charge in [0.25, 0.3) is 0 Å². The van der Waals surface area contributed by atoms with Crippen LogP contribution in [0, 0.1) is 0 Å². The third-order valence-electron chi connectivity index (χ3n) is 9.33. The fourth-order valence-corrected chi connectivity index (χ4v) is 6.69. The van der Waals surface area contributed by atoms with E-state index in [9.17, 15) is 0 Å². The summed E-state index contributed by atoms with van der Waals surface area (Å²) in [6.07, 6.45) is 5.89. The second kappa shape index (κ2) is 12.6. The van der Waals surface area contributed by atoms with Crippen LogP contribution in [0.5, 0.6) is 0 Å². The molecule has 0 saturated heterocycles. The molecule has 242 valence electrons. The zero-order valence-corrected chi connectivity index (χ0v) is 27.9. The van der Waals surface area contributed by atoms with E-state index in [0.29, 0.717) is 17.5 Å². The van der Waals surface area contributed by atoms with Crippen LogP contribution >= 0.6 is 0 Å². The largest absolute Gasteiger partial charge is 0.456 e. The smallest absolute Gasteiger partial charge is 0.164 e. The minimum absolute atomic E-state index is 0.539. The van der Waals surface area contributed by atoms with Gasteiger partial charge in [0.2, 0.25) is 0 Å². The number of para-hydroxylation sites is 1. The van der Waals surface area contributed by atoms with Crippen molar-refractivity contribution in [2.24, 2.45) is 0 Å². The Labute approximate surface area is 294 Å². The van der Waals surface area contributed by atoms with E-state index >= 15 is 0 Å². The number of hydrogen-bond acceptors (Lipinski definition) is 5. The Morgan fingerprint density at radius 1 is 0.529 bits per heavy atom. The molecule has 0 aliphatic carbocycles. The topological polar surface area (TPSA) is 65.0 Å². The molecule has 5 nitrogen and oxygen atoms in total. The normalized spacial score (nSPS) is 12.3. The summed E-state index contributed by atoms with van der Waals surface area (Å²) in [7, 11) is 0. The molecule has 0 atom stereocenters. The molecule has 0 saturated carbocycles. The molecule has 0 spiro atoms. The lowest BCUT2D eigenvalue weighted by Gasteiger charge is -2.10. The summed E-state index contributed by atoms with van der Waals surface area (Å²) in [5.41, 5.74) is 10.3. The zero-order chi connectivity index (χ0) is 34.3. The van der Waals surface area contributed by atoms with Gasteiger partial charge in [0.15, 0.2) is 17.5 Å². The zero-order valence-electron chi connectivity index (χ0n) is 27.9. The van der Waals surface area contributed by atoms with Gasteiger partial charge in [-0.05, 0) is 65.6 Å². The quantitative estimate of drug-likeness (QED) is 0.160. The molecule has 3 aromatic heterocycles. The maximum absolute atomic E-state index is 6.42. The molecule has 0 unspecified atom stereocenters. The van der Waals surface area contributed by atoms with E-state index in [0.717, 1.165) is 82.8 Å². The van der Waals surface area contributed by atoms with Crippen molar-refractivity contribution in [3.8, 4) is 33.9 Å². The van der Waals surface area contributed by atoms with Crippen molar-refractivity contribution in [1.29, 1.82) is 0 Å². The first-order valence-electron chi connectivity index (χ1n) is 16.9. The van der Waals surface area contributed by atoms with E-state index in [1.165, 1.54) is 0 Å². The predicted octanol–water partition coefficient (Wildman–Crippen LogP) is 12.3. The first kappa shape index (κ1) is 30.2. The Balaban J connectivity index is 1.21. The summed E-state index contributed by atoms with van der Waals surface area (Å²) in [6.45, 7) is 6.22. The molecule has 6 aromatic carbocycles. The van der Waals surface area contributed by atoms with Gasteiger partial charge in [0.05, 0.1) is 0 Å². The van der Waals surface area contributed by atoms with Crippen molar-refractivity contribution in [1.82, 2.24) is 15.0 Å². The summed E-state index contributed by atoms with van der Waals surface area (Å²) < 4.78 is 12.5. The molecule has 5 heteroatoms. The van der Waals surface area contributed by atoms with Crippen molar-refractivity contribution in [2.45, 2.75) is 6.92 Å². The summed E-state index contributed by atoms with van der Waals surface area (Å²) in [5, 5.41) is 4.13. The molecule has 0 radical (unpaired) electrons. The van der Waals surface area contributed by atoms with E-state index in [1.54, 1.807) is 6.08 Å². The fraction of sp³-hybridized carbons (Fsp3) is 0.0217. The fourth-order valence-electron chi connectivity index (χ4n) is 6.69. The van der Waals surface area contributed by atoms with Crippen LogP contribution < -0.4 is 0 Å². The van der Waals surface area contributed by atoms with Gasteiger partial charge in [-0.25, -0.2) is 15.0 Å². The number of aromatic nitrogens is 3. The SMILES string of the molecule is C=C/C(=C\C=C(/C)c1ccccc1)c1nc(-c2ccccc2)nc(-c2cccc3oc4ccc(-c5ccc6oc7ccccc7c6c5)cc4c23)n1. The third-order valence-corrected chi connectivity index (χ3v) is 9.33. The average molecular weight is 658 g/mol. The predicted molar refractivity (Wildman–Crippen MR) is 209 cm³/mol. The standard InChI is InChI=1S/C46H31N3O2/c1-3-30(22-21-29(2)31-13-6-4-7-14-31)44-47-45(32-15-8-5-9-16-32)49-46(48-44)36-18-12-20-42-43(36)38-28-34(24-26-41(38)51-42)33-23-25-40-37(27-33)35-17-10-11-19-39(35)50-40/h3-28H,1H2,2H3/b29-21+,30-22+. The molecule has 0 amide bonds. The van der Waals surface area contributed by atoms with Gasteiger partial charge in [-0.1, -0.05) is 128 Å². The van der Waals surface area contributed by atoms with Gasteiger partial charge in [-0.3, -0.25) is 0 Å². The van der Waals surface area contributed by atoms with Gasteiger partial charge >= 0.3 is 0 Å². The van der Waals surface area contributed by atoms with Crippen LogP contribution in [0.3, 0.4) is 0 Å². The van der Waals surface area contributed by atoms with Crippen molar-refractivity contribution >= 4 is 55.0 Å². The number of nitrogens with zero attached hydrogens (tertiary/aromatic N) is 3. The van der Waals surface area contributed by atoms with Crippen LogP contribution in [0.15, 0.2) is 173 Å². The maximum Gasteiger partial charge on any atom is 0.164 e. The van der Waals surface area contributed by atoms with Gasteiger partial charge in [0, 0.05) is 38.2 Å². The molecule has 9 rings (SSSR count). The van der Waals surface area contributed by atoms with Crippen molar-refractivity contribution < 1.29 is 8.83 Å². The monoisotopic (exact) mass is 657 g/mol. The molecule has 0 aliphatic rings. The van der Waals surface area contributed by atoms with E-state index in [2.05, 4.69) is 68.1 Å². The van der Waals surface area contributed by atoms with Crippen LogP contribution in [-0.2, 0) is 0 Å². The van der Waals surface area contributed by atoms with E-state index in [4.69, 9.17) is 23.8 Å². The van der Waals surface area contributed by atoms with Crippen LogP contribution in [0.1, 0.15) is 18.3 Å². The molecule has 0 aliphatic heterocycles. The first-order chi connectivity index (χ1) is 25.1. The Morgan fingerprint density at radius 2 is 1.16 bits per heavy atom. The Morgan fingerprint density at radius 3 is 1.94 bits per heavy atom. The minimum Gasteiger partial charge on any atom is -0.456 e. The summed E-state index contributed by atoms with van der Waals surface area (Å²) in [5.74, 6) is 1.68. The van der Waals surface area contributed by atoms with Crippen LogP contribution in [-0.4, -0.2) is 15.0 Å². The van der Waals surface area contributed by atoms with E-state index in [-0.39, 0.29) is 0 Å². The van der Waals surface area contributed by atoms with Crippen molar-refractivity contribution in [2.75, 3.05) is 0 Å². The van der Waals surface area contributed by atoms with Gasteiger partial charge < -0.3 is 8.83 Å².